The third-order valence-corrected chi connectivity index (χ3v) is 6.35. The van der Waals surface area contributed by atoms with Gasteiger partial charge in [-0.25, -0.2) is 4.79 Å². The highest BCUT2D eigenvalue weighted by Gasteiger charge is 2.32. The number of benzene rings is 3. The number of nitrogens with zero attached hydrogens (tertiary/aromatic N) is 3. The van der Waals surface area contributed by atoms with Crippen LogP contribution in [0.1, 0.15) is 22.8 Å². The maximum Gasteiger partial charge on any atom is 0.410 e. The molecule has 4 rings (SSSR count). The van der Waals surface area contributed by atoms with Crippen LogP contribution in [0.15, 0.2) is 72.8 Å². The average molecular weight is 478 g/mol. The molecular formula is C28H32ClN3O2. The minimum absolute atomic E-state index is 0.261. The second kappa shape index (κ2) is 11.0. The Morgan fingerprint density at radius 1 is 0.912 bits per heavy atom. The van der Waals surface area contributed by atoms with Crippen molar-refractivity contribution in [2.45, 2.75) is 19.2 Å². The Balaban J connectivity index is 1.37. The minimum Gasteiger partial charge on any atom is -0.439 e. The molecule has 0 aliphatic carbocycles. The summed E-state index contributed by atoms with van der Waals surface area (Å²) in [5.74, 6) is 0. The van der Waals surface area contributed by atoms with Crippen molar-refractivity contribution in [1.29, 1.82) is 0 Å². The molecule has 1 aliphatic rings. The van der Waals surface area contributed by atoms with Gasteiger partial charge in [0.15, 0.2) is 0 Å². The average Bonchev–Trinajstić information content (AvgIpc) is 3.19. The second-order valence-corrected chi connectivity index (χ2v) is 9.68. The fourth-order valence-corrected chi connectivity index (χ4v) is 4.25. The summed E-state index contributed by atoms with van der Waals surface area (Å²) in [6.07, 6.45) is -0.544. The van der Waals surface area contributed by atoms with Crippen LogP contribution < -0.4 is 0 Å². The van der Waals surface area contributed by atoms with E-state index in [1.807, 2.05) is 24.3 Å². The van der Waals surface area contributed by atoms with Crippen molar-refractivity contribution >= 4 is 17.7 Å². The van der Waals surface area contributed by atoms with Gasteiger partial charge in [-0.3, -0.25) is 4.90 Å². The summed E-state index contributed by atoms with van der Waals surface area (Å²) in [4.78, 5) is 18.7. The summed E-state index contributed by atoms with van der Waals surface area (Å²) in [6, 6.07) is 24.6. The van der Waals surface area contributed by atoms with Crippen molar-refractivity contribution in [3.05, 3.63) is 94.5 Å². The highest BCUT2D eigenvalue weighted by Crippen LogP contribution is 2.29. The number of hydrogen-bond acceptors (Lipinski definition) is 4. The molecule has 0 bridgehead atoms. The lowest BCUT2D eigenvalue weighted by Crippen LogP contribution is -2.28. The van der Waals surface area contributed by atoms with Gasteiger partial charge in [0, 0.05) is 31.2 Å². The van der Waals surface area contributed by atoms with Crippen LogP contribution in [-0.4, -0.2) is 61.6 Å². The molecule has 1 fully saturated rings. The number of halogens is 1. The Labute approximate surface area is 207 Å². The van der Waals surface area contributed by atoms with Crippen molar-refractivity contribution in [3.63, 3.8) is 0 Å². The van der Waals surface area contributed by atoms with E-state index in [4.69, 9.17) is 16.3 Å². The van der Waals surface area contributed by atoms with Gasteiger partial charge in [-0.2, -0.15) is 0 Å². The number of ether oxygens (including phenoxy) is 1. The summed E-state index contributed by atoms with van der Waals surface area (Å²) in [5.41, 5.74) is 5.72. The van der Waals surface area contributed by atoms with Crippen LogP contribution >= 0.6 is 11.6 Å². The normalized spacial score (nSPS) is 15.9. The van der Waals surface area contributed by atoms with Gasteiger partial charge >= 0.3 is 6.09 Å². The number of amides is 1. The molecule has 0 spiro atoms. The van der Waals surface area contributed by atoms with Gasteiger partial charge in [-0.15, -0.1) is 0 Å². The summed E-state index contributed by atoms with van der Waals surface area (Å²) in [6.45, 7) is 4.06. The predicted molar refractivity (Wildman–Crippen MR) is 138 cm³/mol. The van der Waals surface area contributed by atoms with Gasteiger partial charge in [-0.05, 0) is 67.2 Å². The molecule has 1 heterocycles. The smallest absolute Gasteiger partial charge is 0.410 e. The van der Waals surface area contributed by atoms with Crippen molar-refractivity contribution in [2.75, 3.05) is 40.8 Å². The second-order valence-electron chi connectivity index (χ2n) is 9.24. The number of carbonyl (C=O) groups is 1. The number of carbonyl (C=O) groups excluding carboxylic acids is 1. The Bertz CT molecular complexity index is 1100. The predicted octanol–water partition coefficient (Wildman–Crippen LogP) is 5.69. The van der Waals surface area contributed by atoms with Crippen molar-refractivity contribution in [2.24, 2.45) is 0 Å². The Kier molecular flexibility index (Phi) is 7.88. The molecule has 1 aliphatic heterocycles. The standard InChI is InChI=1S/C28H32ClN3O2/c1-30(2)15-16-31(3)18-22-5-4-6-25(17-22)23-9-7-21(8-10-23)19-32-20-27(34-28(32)33)24-11-13-26(29)14-12-24/h4-14,17,27H,15-16,18-20H2,1-3H3/t27-/m0/s1. The van der Waals surface area contributed by atoms with Crippen LogP contribution in [0.4, 0.5) is 4.79 Å². The van der Waals surface area contributed by atoms with Crippen LogP contribution in [0.2, 0.25) is 5.02 Å². The third kappa shape index (κ3) is 6.38. The Morgan fingerprint density at radius 3 is 2.35 bits per heavy atom. The van der Waals surface area contributed by atoms with Gasteiger partial charge in [0.2, 0.25) is 0 Å². The zero-order chi connectivity index (χ0) is 24.1. The highest BCUT2D eigenvalue weighted by atomic mass is 35.5. The first kappa shape index (κ1) is 24.3. The van der Waals surface area contributed by atoms with Gasteiger partial charge in [0.05, 0.1) is 6.54 Å². The number of cyclic esters (lactones) is 1. The van der Waals surface area contributed by atoms with E-state index in [9.17, 15) is 4.79 Å². The summed E-state index contributed by atoms with van der Waals surface area (Å²) >= 11 is 5.97. The highest BCUT2D eigenvalue weighted by molar-refractivity contribution is 6.30. The number of hydrogen-bond donors (Lipinski definition) is 0. The van der Waals surface area contributed by atoms with E-state index in [2.05, 4.69) is 79.5 Å². The monoisotopic (exact) mass is 477 g/mol. The van der Waals surface area contributed by atoms with Crippen molar-refractivity contribution in [3.8, 4) is 11.1 Å². The molecular weight excluding hydrogens is 446 g/mol. The Hall–Kier alpha value is -2.86. The zero-order valence-corrected chi connectivity index (χ0v) is 20.8. The maximum absolute atomic E-state index is 12.4. The van der Waals surface area contributed by atoms with E-state index < -0.39 is 0 Å². The molecule has 0 N–H and O–H groups in total. The molecule has 1 saturated heterocycles. The molecule has 0 radical (unpaired) electrons. The molecule has 0 aromatic heterocycles. The minimum atomic E-state index is -0.282. The fraction of sp³-hybridized carbons (Fsp3) is 0.321. The van der Waals surface area contributed by atoms with Crippen LogP contribution in [-0.2, 0) is 17.8 Å². The summed E-state index contributed by atoms with van der Waals surface area (Å²) in [5, 5.41) is 0.673. The molecule has 178 valence electrons. The molecule has 1 atom stereocenters. The Morgan fingerprint density at radius 2 is 1.65 bits per heavy atom. The number of rotatable bonds is 9. The molecule has 1 amide bonds. The van der Waals surface area contributed by atoms with E-state index in [1.54, 1.807) is 4.90 Å². The van der Waals surface area contributed by atoms with Gasteiger partial charge < -0.3 is 14.5 Å². The molecule has 0 unspecified atom stereocenters. The van der Waals surface area contributed by atoms with Crippen LogP contribution in [0.25, 0.3) is 11.1 Å². The van der Waals surface area contributed by atoms with Crippen LogP contribution in [0.5, 0.6) is 0 Å². The first-order valence-corrected chi connectivity index (χ1v) is 12.0. The fourth-order valence-electron chi connectivity index (χ4n) is 4.12. The van der Waals surface area contributed by atoms with Crippen LogP contribution in [0.3, 0.4) is 0 Å². The van der Waals surface area contributed by atoms with E-state index >= 15 is 0 Å². The zero-order valence-electron chi connectivity index (χ0n) is 20.1. The van der Waals surface area contributed by atoms with E-state index in [0.717, 1.165) is 30.8 Å². The molecule has 6 heteroatoms. The number of likely N-dealkylation sites (N-methyl/N-ethyl adjacent to an activating group) is 2. The molecule has 5 nitrogen and oxygen atoms in total. The first-order chi connectivity index (χ1) is 16.4. The van der Waals surface area contributed by atoms with Gasteiger partial charge in [-0.1, -0.05) is 66.2 Å². The third-order valence-electron chi connectivity index (χ3n) is 6.10. The summed E-state index contributed by atoms with van der Waals surface area (Å²) in [7, 11) is 6.36. The maximum atomic E-state index is 12.4. The molecule has 0 saturated carbocycles. The van der Waals surface area contributed by atoms with E-state index in [0.29, 0.717) is 18.1 Å². The van der Waals surface area contributed by atoms with Gasteiger partial charge in [0.25, 0.3) is 0 Å². The molecule has 34 heavy (non-hydrogen) atoms. The van der Waals surface area contributed by atoms with E-state index in [1.165, 1.54) is 16.7 Å². The SMILES string of the molecule is CN(C)CCN(C)Cc1cccc(-c2ccc(CN3C[C@@H](c4ccc(Cl)cc4)OC3=O)cc2)c1. The lowest BCUT2D eigenvalue weighted by molar-refractivity contribution is 0.132. The molecule has 3 aromatic rings. The first-order valence-electron chi connectivity index (χ1n) is 11.6. The lowest BCUT2D eigenvalue weighted by Gasteiger charge is -2.19. The van der Waals surface area contributed by atoms with Crippen molar-refractivity contribution in [1.82, 2.24) is 14.7 Å². The summed E-state index contributed by atoms with van der Waals surface area (Å²) < 4.78 is 5.58. The molecule has 3 aromatic carbocycles. The quantitative estimate of drug-likeness (QED) is 0.396. The van der Waals surface area contributed by atoms with Gasteiger partial charge in [0.1, 0.15) is 6.10 Å². The van der Waals surface area contributed by atoms with Crippen LogP contribution in [0, 0.1) is 0 Å². The van der Waals surface area contributed by atoms with Crippen molar-refractivity contribution < 1.29 is 9.53 Å². The van der Waals surface area contributed by atoms with E-state index in [-0.39, 0.29) is 12.2 Å². The lowest BCUT2D eigenvalue weighted by atomic mass is 10.0. The largest absolute Gasteiger partial charge is 0.439 e. The topological polar surface area (TPSA) is 36.0 Å².